The molecule has 0 aliphatic rings. The van der Waals surface area contributed by atoms with Gasteiger partial charge in [0.25, 0.3) is 17.5 Å². The Morgan fingerprint density at radius 2 is 1.35 bits per heavy atom. The van der Waals surface area contributed by atoms with Crippen LogP contribution in [0.5, 0.6) is 0 Å². The van der Waals surface area contributed by atoms with E-state index < -0.39 is 10.8 Å². The van der Waals surface area contributed by atoms with E-state index in [2.05, 4.69) is 36.7 Å². The predicted molar refractivity (Wildman–Crippen MR) is 136 cm³/mol. The number of benzene rings is 3. The Morgan fingerprint density at radius 3 is 1.91 bits per heavy atom. The average Bonchev–Trinajstić information content (AvgIpc) is 2.78. The molecule has 0 radical (unpaired) electrons. The van der Waals surface area contributed by atoms with Crippen LogP contribution >= 0.6 is 12.2 Å². The standard InChI is InChI=1S/C25H24N4O4S/c1-25(2,3)18-11-7-16(8-12-18)22(30)26-19-5-4-6-20(15-19)27-24(34)28-23(31)17-9-13-21(14-10-17)29(32)33/h4-15H,1-3H3,(H,26,30)(H2,27,28,31,34). The fourth-order valence-electron chi connectivity index (χ4n) is 3.07. The van der Waals surface area contributed by atoms with Gasteiger partial charge in [0.05, 0.1) is 4.92 Å². The number of non-ortho nitro benzene ring substituents is 1. The Labute approximate surface area is 202 Å². The van der Waals surface area contributed by atoms with E-state index >= 15 is 0 Å². The van der Waals surface area contributed by atoms with Crippen molar-refractivity contribution in [3.05, 3.63) is 99.6 Å². The Bertz CT molecular complexity index is 1230. The highest BCUT2D eigenvalue weighted by Gasteiger charge is 2.15. The second-order valence-corrected chi connectivity index (χ2v) is 8.98. The number of carbonyl (C=O) groups excluding carboxylic acids is 2. The van der Waals surface area contributed by atoms with Crippen LogP contribution in [-0.2, 0) is 5.41 Å². The lowest BCUT2D eigenvalue weighted by molar-refractivity contribution is -0.384. The zero-order valence-electron chi connectivity index (χ0n) is 18.9. The zero-order chi connectivity index (χ0) is 24.9. The SMILES string of the molecule is CC(C)(C)c1ccc(C(=O)Nc2cccc(NC(=S)NC(=O)c3ccc([N+](=O)[O-])cc3)c2)cc1. The number of carbonyl (C=O) groups is 2. The first kappa shape index (κ1) is 24.5. The molecule has 8 nitrogen and oxygen atoms in total. The molecule has 0 spiro atoms. The number of anilines is 2. The third kappa shape index (κ3) is 6.46. The maximum Gasteiger partial charge on any atom is 0.269 e. The summed E-state index contributed by atoms with van der Waals surface area (Å²) >= 11 is 5.19. The van der Waals surface area contributed by atoms with Gasteiger partial charge in [-0.2, -0.15) is 0 Å². The number of hydrogen-bond donors (Lipinski definition) is 3. The van der Waals surface area contributed by atoms with Crippen molar-refractivity contribution in [2.45, 2.75) is 26.2 Å². The van der Waals surface area contributed by atoms with Gasteiger partial charge >= 0.3 is 0 Å². The molecule has 9 heteroatoms. The summed E-state index contributed by atoms with van der Waals surface area (Å²) in [7, 11) is 0. The van der Waals surface area contributed by atoms with E-state index in [-0.39, 0.29) is 27.7 Å². The van der Waals surface area contributed by atoms with Gasteiger partial charge in [0.15, 0.2) is 5.11 Å². The van der Waals surface area contributed by atoms with Crippen LogP contribution in [0.3, 0.4) is 0 Å². The minimum atomic E-state index is -0.541. The van der Waals surface area contributed by atoms with E-state index in [1.54, 1.807) is 36.4 Å². The predicted octanol–water partition coefficient (Wildman–Crippen LogP) is 5.27. The first-order valence-corrected chi connectivity index (χ1v) is 10.8. The van der Waals surface area contributed by atoms with Gasteiger partial charge in [-0.3, -0.25) is 25.0 Å². The first-order valence-electron chi connectivity index (χ1n) is 10.4. The molecule has 0 saturated carbocycles. The van der Waals surface area contributed by atoms with Crippen molar-refractivity contribution >= 4 is 46.2 Å². The van der Waals surface area contributed by atoms with Crippen molar-refractivity contribution in [3.8, 4) is 0 Å². The van der Waals surface area contributed by atoms with E-state index in [0.717, 1.165) is 5.56 Å². The Kier molecular flexibility index (Phi) is 7.37. The molecule has 0 aliphatic heterocycles. The Balaban J connectivity index is 1.60. The molecule has 0 saturated heterocycles. The zero-order valence-corrected chi connectivity index (χ0v) is 19.7. The van der Waals surface area contributed by atoms with Gasteiger partial charge in [-0.15, -0.1) is 0 Å². The van der Waals surface area contributed by atoms with Crippen molar-refractivity contribution < 1.29 is 14.5 Å². The highest BCUT2D eigenvalue weighted by atomic mass is 32.1. The van der Waals surface area contributed by atoms with Gasteiger partial charge in [-0.05, 0) is 65.7 Å². The number of amides is 2. The van der Waals surface area contributed by atoms with Crippen LogP contribution in [-0.4, -0.2) is 21.9 Å². The molecule has 3 aromatic rings. The van der Waals surface area contributed by atoms with Crippen LogP contribution < -0.4 is 16.0 Å². The van der Waals surface area contributed by atoms with Crippen LogP contribution in [0.25, 0.3) is 0 Å². The van der Waals surface area contributed by atoms with Crippen molar-refractivity contribution in [3.63, 3.8) is 0 Å². The van der Waals surface area contributed by atoms with Crippen molar-refractivity contribution in [2.75, 3.05) is 10.6 Å². The quantitative estimate of drug-likeness (QED) is 0.263. The number of nitrogens with zero attached hydrogens (tertiary/aromatic N) is 1. The lowest BCUT2D eigenvalue weighted by atomic mass is 9.87. The molecule has 0 bridgehead atoms. The first-order chi connectivity index (χ1) is 16.0. The van der Waals surface area contributed by atoms with Gasteiger partial charge in [-0.25, -0.2) is 0 Å². The van der Waals surface area contributed by atoms with Gasteiger partial charge in [0.2, 0.25) is 0 Å². The van der Waals surface area contributed by atoms with Gasteiger partial charge in [0, 0.05) is 34.6 Å². The molecule has 34 heavy (non-hydrogen) atoms. The van der Waals surface area contributed by atoms with Crippen LogP contribution in [0.4, 0.5) is 17.1 Å². The summed E-state index contributed by atoms with van der Waals surface area (Å²) in [4.78, 5) is 35.1. The van der Waals surface area contributed by atoms with Crippen LogP contribution in [0.2, 0.25) is 0 Å². The summed E-state index contributed by atoms with van der Waals surface area (Å²) in [6, 6.07) is 19.6. The van der Waals surface area contributed by atoms with E-state index in [4.69, 9.17) is 12.2 Å². The van der Waals surface area contributed by atoms with Crippen LogP contribution in [0.1, 0.15) is 47.1 Å². The lowest BCUT2D eigenvalue weighted by Gasteiger charge is -2.19. The molecule has 2 amide bonds. The minimum Gasteiger partial charge on any atom is -0.332 e. The number of nitrogens with one attached hydrogen (secondary N) is 3. The van der Waals surface area contributed by atoms with Gasteiger partial charge < -0.3 is 10.6 Å². The summed E-state index contributed by atoms with van der Waals surface area (Å²) in [6.45, 7) is 6.33. The number of nitro benzene ring substituents is 1. The van der Waals surface area contributed by atoms with Gasteiger partial charge in [-0.1, -0.05) is 39.0 Å². The van der Waals surface area contributed by atoms with E-state index in [9.17, 15) is 19.7 Å². The number of thiocarbonyl (C=S) groups is 1. The van der Waals surface area contributed by atoms with Crippen molar-refractivity contribution in [1.82, 2.24) is 5.32 Å². The van der Waals surface area contributed by atoms with Crippen molar-refractivity contribution in [2.24, 2.45) is 0 Å². The summed E-state index contributed by atoms with van der Waals surface area (Å²) in [5.74, 6) is -0.748. The second kappa shape index (κ2) is 10.2. The molecule has 0 heterocycles. The summed E-state index contributed by atoms with van der Waals surface area (Å²) < 4.78 is 0. The van der Waals surface area contributed by atoms with Crippen molar-refractivity contribution in [1.29, 1.82) is 0 Å². The van der Waals surface area contributed by atoms with Crippen LogP contribution in [0, 0.1) is 10.1 Å². The van der Waals surface area contributed by atoms with Crippen LogP contribution in [0.15, 0.2) is 72.8 Å². The molecule has 0 aliphatic carbocycles. The highest BCUT2D eigenvalue weighted by molar-refractivity contribution is 7.80. The maximum absolute atomic E-state index is 12.6. The normalized spacial score (nSPS) is 10.8. The monoisotopic (exact) mass is 476 g/mol. The maximum atomic E-state index is 12.6. The van der Waals surface area contributed by atoms with E-state index in [1.165, 1.54) is 24.3 Å². The van der Waals surface area contributed by atoms with E-state index in [0.29, 0.717) is 16.9 Å². The largest absolute Gasteiger partial charge is 0.332 e. The second-order valence-electron chi connectivity index (χ2n) is 8.57. The third-order valence-electron chi connectivity index (χ3n) is 4.96. The fraction of sp³-hybridized carbons (Fsp3) is 0.160. The highest BCUT2D eigenvalue weighted by Crippen LogP contribution is 2.23. The number of rotatable bonds is 5. The Hall–Kier alpha value is -4.11. The smallest absolute Gasteiger partial charge is 0.269 e. The topological polar surface area (TPSA) is 113 Å². The number of nitro groups is 1. The fourth-order valence-corrected chi connectivity index (χ4v) is 3.28. The molecule has 174 valence electrons. The summed E-state index contributed by atoms with van der Waals surface area (Å²) in [5, 5.41) is 19.0. The van der Waals surface area contributed by atoms with Gasteiger partial charge in [0.1, 0.15) is 0 Å². The molecule has 0 unspecified atom stereocenters. The molecular formula is C25H24N4O4S. The molecule has 3 N–H and O–H groups in total. The molecular weight excluding hydrogens is 452 g/mol. The molecule has 3 aromatic carbocycles. The molecule has 0 atom stereocenters. The minimum absolute atomic E-state index is 0.00131. The number of hydrogen-bond acceptors (Lipinski definition) is 5. The lowest BCUT2D eigenvalue weighted by Crippen LogP contribution is -2.34. The molecule has 3 rings (SSSR count). The molecule has 0 aromatic heterocycles. The summed E-state index contributed by atoms with van der Waals surface area (Å²) in [5.41, 5.74) is 2.92. The van der Waals surface area contributed by atoms with E-state index in [1.807, 2.05) is 12.1 Å². The third-order valence-corrected chi connectivity index (χ3v) is 5.16. The average molecular weight is 477 g/mol. The Morgan fingerprint density at radius 1 is 0.824 bits per heavy atom. The molecule has 0 fully saturated rings. The summed E-state index contributed by atoms with van der Waals surface area (Å²) in [6.07, 6.45) is 0.